The maximum absolute atomic E-state index is 12.3. The highest BCUT2D eigenvalue weighted by Crippen LogP contribution is 2.19. The summed E-state index contributed by atoms with van der Waals surface area (Å²) in [5.41, 5.74) is 1.75. The molecule has 1 fully saturated rings. The number of carbonyl (C=O) groups is 1. The van der Waals surface area contributed by atoms with Crippen LogP contribution in [-0.2, 0) is 16.6 Å². The molecule has 1 saturated heterocycles. The molecule has 1 aliphatic heterocycles. The summed E-state index contributed by atoms with van der Waals surface area (Å²) in [5, 5.41) is 3.66. The third-order valence-corrected chi connectivity index (χ3v) is 8.33. The number of hydrogen-bond acceptors (Lipinski definition) is 5. The van der Waals surface area contributed by atoms with E-state index in [0.717, 1.165) is 22.8 Å². The monoisotopic (exact) mass is 481 g/mol. The quantitative estimate of drug-likeness (QED) is 0.439. The van der Waals surface area contributed by atoms with Gasteiger partial charge in [-0.3, -0.25) is 9.69 Å². The summed E-state index contributed by atoms with van der Waals surface area (Å²) < 4.78 is 25.5. The molecule has 2 aromatic rings. The summed E-state index contributed by atoms with van der Waals surface area (Å²) in [5.74, 6) is 0.850. The number of halogens is 1. The van der Waals surface area contributed by atoms with Crippen molar-refractivity contribution in [1.82, 2.24) is 14.5 Å². The zero-order chi connectivity index (χ0) is 22.3. The van der Waals surface area contributed by atoms with Crippen molar-refractivity contribution in [3.63, 3.8) is 0 Å². The average molecular weight is 482 g/mol. The lowest BCUT2D eigenvalue weighted by Gasteiger charge is -2.33. The van der Waals surface area contributed by atoms with Crippen LogP contribution in [0.3, 0.4) is 0 Å². The van der Waals surface area contributed by atoms with Gasteiger partial charge in [-0.05, 0) is 48.9 Å². The zero-order valence-electron chi connectivity index (χ0n) is 17.6. The molecule has 0 unspecified atom stereocenters. The van der Waals surface area contributed by atoms with Crippen LogP contribution in [0, 0.1) is 0 Å². The number of carbonyl (C=O) groups excluding carboxylic acids is 1. The SMILES string of the molecule is CCS(=O)(=O)N1CCN(Cc2ccc(C(=O)NCCSc3ccc(Cl)cc3)cc2)CC1. The summed E-state index contributed by atoms with van der Waals surface area (Å²) >= 11 is 7.55. The molecule has 6 nitrogen and oxygen atoms in total. The highest BCUT2D eigenvalue weighted by molar-refractivity contribution is 7.99. The number of benzene rings is 2. The predicted molar refractivity (Wildman–Crippen MR) is 127 cm³/mol. The number of hydrogen-bond donors (Lipinski definition) is 1. The van der Waals surface area contributed by atoms with E-state index < -0.39 is 10.0 Å². The van der Waals surface area contributed by atoms with Crippen molar-refractivity contribution < 1.29 is 13.2 Å². The maximum atomic E-state index is 12.3. The van der Waals surface area contributed by atoms with Gasteiger partial charge in [0.1, 0.15) is 0 Å². The molecular weight excluding hydrogens is 454 g/mol. The van der Waals surface area contributed by atoms with E-state index in [1.165, 1.54) is 0 Å². The molecule has 0 bridgehead atoms. The average Bonchev–Trinajstić information content (AvgIpc) is 2.78. The van der Waals surface area contributed by atoms with Crippen LogP contribution in [0.4, 0.5) is 0 Å². The van der Waals surface area contributed by atoms with Crippen molar-refractivity contribution in [2.75, 3.05) is 44.2 Å². The van der Waals surface area contributed by atoms with Crippen LogP contribution in [-0.4, -0.2) is 67.8 Å². The fraction of sp³-hybridized carbons (Fsp3) is 0.409. The molecule has 3 rings (SSSR count). The third-order valence-electron chi connectivity index (χ3n) is 5.18. The summed E-state index contributed by atoms with van der Waals surface area (Å²) in [4.78, 5) is 15.7. The van der Waals surface area contributed by atoms with E-state index in [-0.39, 0.29) is 11.7 Å². The molecule has 168 valence electrons. The zero-order valence-corrected chi connectivity index (χ0v) is 20.0. The van der Waals surface area contributed by atoms with Crippen molar-refractivity contribution in [2.45, 2.75) is 18.4 Å². The van der Waals surface area contributed by atoms with Gasteiger partial charge in [-0.2, -0.15) is 4.31 Å². The number of nitrogens with one attached hydrogen (secondary N) is 1. The van der Waals surface area contributed by atoms with Crippen LogP contribution in [0.25, 0.3) is 0 Å². The first-order valence-electron chi connectivity index (χ1n) is 10.3. The van der Waals surface area contributed by atoms with Crippen molar-refractivity contribution in [1.29, 1.82) is 0 Å². The van der Waals surface area contributed by atoms with E-state index in [4.69, 9.17) is 11.6 Å². The molecule has 0 spiro atoms. The van der Waals surface area contributed by atoms with Crippen molar-refractivity contribution in [3.05, 3.63) is 64.7 Å². The normalized spacial score (nSPS) is 15.7. The standard InChI is InChI=1S/C22H28ClN3O3S2/c1-2-31(28,29)26-14-12-25(13-15-26)17-18-3-5-19(6-4-18)22(27)24-11-16-30-21-9-7-20(23)8-10-21/h3-10H,2,11-17H2,1H3,(H,24,27). The molecular formula is C22H28ClN3O3S2. The summed E-state index contributed by atoms with van der Waals surface area (Å²) in [6.45, 7) is 5.51. The van der Waals surface area contributed by atoms with Crippen LogP contribution in [0.5, 0.6) is 0 Å². The molecule has 0 radical (unpaired) electrons. The lowest BCUT2D eigenvalue weighted by atomic mass is 10.1. The molecule has 0 atom stereocenters. The van der Waals surface area contributed by atoms with E-state index in [2.05, 4.69) is 10.2 Å². The molecule has 1 heterocycles. The van der Waals surface area contributed by atoms with Crippen LogP contribution in [0.2, 0.25) is 5.02 Å². The lowest BCUT2D eigenvalue weighted by molar-refractivity contribution is 0.0956. The van der Waals surface area contributed by atoms with E-state index in [1.807, 2.05) is 48.5 Å². The van der Waals surface area contributed by atoms with Crippen molar-refractivity contribution in [2.24, 2.45) is 0 Å². The minimum atomic E-state index is -3.10. The number of piperazine rings is 1. The molecule has 1 amide bonds. The molecule has 2 aromatic carbocycles. The van der Waals surface area contributed by atoms with Crippen molar-refractivity contribution in [3.8, 4) is 0 Å². The fourth-order valence-electron chi connectivity index (χ4n) is 3.33. The Labute approximate surface area is 194 Å². The van der Waals surface area contributed by atoms with Gasteiger partial charge >= 0.3 is 0 Å². The number of amides is 1. The Morgan fingerprint density at radius 1 is 1.03 bits per heavy atom. The van der Waals surface area contributed by atoms with Crippen LogP contribution in [0.1, 0.15) is 22.8 Å². The van der Waals surface area contributed by atoms with E-state index in [0.29, 0.717) is 43.3 Å². The molecule has 0 aromatic heterocycles. The Morgan fingerprint density at radius 3 is 2.29 bits per heavy atom. The molecule has 0 saturated carbocycles. The topological polar surface area (TPSA) is 69.7 Å². The first kappa shape index (κ1) is 24.1. The second kappa shape index (κ2) is 11.3. The maximum Gasteiger partial charge on any atom is 0.251 e. The first-order valence-corrected chi connectivity index (χ1v) is 13.3. The van der Waals surface area contributed by atoms with Gasteiger partial charge in [0.25, 0.3) is 5.91 Å². The predicted octanol–water partition coefficient (Wildman–Crippen LogP) is 3.33. The van der Waals surface area contributed by atoms with Gasteiger partial charge in [-0.25, -0.2) is 8.42 Å². The lowest BCUT2D eigenvalue weighted by Crippen LogP contribution is -2.48. The highest BCUT2D eigenvalue weighted by atomic mass is 35.5. The van der Waals surface area contributed by atoms with Gasteiger partial charge in [0, 0.05) is 60.5 Å². The summed E-state index contributed by atoms with van der Waals surface area (Å²) in [6, 6.07) is 15.3. The van der Waals surface area contributed by atoms with Gasteiger partial charge < -0.3 is 5.32 Å². The Bertz CT molecular complexity index is 959. The number of thioether (sulfide) groups is 1. The summed E-state index contributed by atoms with van der Waals surface area (Å²) in [6.07, 6.45) is 0. The fourth-order valence-corrected chi connectivity index (χ4v) is 5.31. The van der Waals surface area contributed by atoms with Gasteiger partial charge in [-0.15, -0.1) is 11.8 Å². The van der Waals surface area contributed by atoms with E-state index in [1.54, 1.807) is 23.0 Å². The molecule has 31 heavy (non-hydrogen) atoms. The largest absolute Gasteiger partial charge is 0.351 e. The molecule has 1 N–H and O–H groups in total. The molecule has 0 aliphatic carbocycles. The molecule has 9 heteroatoms. The van der Waals surface area contributed by atoms with E-state index in [9.17, 15) is 13.2 Å². The Kier molecular flexibility index (Phi) is 8.80. The minimum absolute atomic E-state index is 0.0818. The Balaban J connectivity index is 1.40. The van der Waals surface area contributed by atoms with Gasteiger partial charge in [-0.1, -0.05) is 23.7 Å². The van der Waals surface area contributed by atoms with E-state index >= 15 is 0 Å². The highest BCUT2D eigenvalue weighted by Gasteiger charge is 2.25. The first-order chi connectivity index (χ1) is 14.9. The number of nitrogens with zero attached hydrogens (tertiary/aromatic N) is 2. The van der Waals surface area contributed by atoms with Crippen molar-refractivity contribution >= 4 is 39.3 Å². The Morgan fingerprint density at radius 2 is 1.68 bits per heavy atom. The number of rotatable bonds is 9. The minimum Gasteiger partial charge on any atom is -0.351 e. The van der Waals surface area contributed by atoms with Gasteiger partial charge in [0.15, 0.2) is 0 Å². The number of sulfonamides is 1. The Hall–Kier alpha value is -1.58. The van der Waals surface area contributed by atoms with Crippen LogP contribution < -0.4 is 5.32 Å². The second-order valence-electron chi connectivity index (χ2n) is 7.33. The third kappa shape index (κ3) is 7.22. The summed E-state index contributed by atoms with van der Waals surface area (Å²) in [7, 11) is -3.10. The van der Waals surface area contributed by atoms with Gasteiger partial charge in [0.05, 0.1) is 5.75 Å². The van der Waals surface area contributed by atoms with Crippen LogP contribution in [0.15, 0.2) is 53.4 Å². The smallest absolute Gasteiger partial charge is 0.251 e. The van der Waals surface area contributed by atoms with Gasteiger partial charge in [0.2, 0.25) is 10.0 Å². The second-order valence-corrected chi connectivity index (χ2v) is 11.2. The molecule has 1 aliphatic rings. The van der Waals surface area contributed by atoms with Crippen LogP contribution >= 0.6 is 23.4 Å².